The van der Waals surface area contributed by atoms with Crippen LogP contribution < -0.4 is 0 Å². The van der Waals surface area contributed by atoms with E-state index in [-0.39, 0.29) is 0 Å². The Morgan fingerprint density at radius 1 is 1.08 bits per heavy atom. The van der Waals surface area contributed by atoms with E-state index in [9.17, 15) is 8.78 Å². The predicted octanol–water partition coefficient (Wildman–Crippen LogP) is 3.68. The van der Waals surface area contributed by atoms with Gasteiger partial charge in [-0.15, -0.1) is 0 Å². The summed E-state index contributed by atoms with van der Waals surface area (Å²) in [4.78, 5) is 4.66. The summed E-state index contributed by atoms with van der Waals surface area (Å²) in [6.45, 7) is 5.79. The molecule has 0 N–H and O–H groups in total. The van der Waals surface area contributed by atoms with Crippen molar-refractivity contribution in [2.24, 2.45) is 5.92 Å². The molecular formula is C20H24F2N2O. The molecule has 2 heterocycles. The van der Waals surface area contributed by atoms with Gasteiger partial charge in [-0.3, -0.25) is 0 Å². The van der Waals surface area contributed by atoms with Gasteiger partial charge in [-0.1, -0.05) is 6.08 Å². The van der Waals surface area contributed by atoms with Crippen molar-refractivity contribution in [3.8, 4) is 0 Å². The van der Waals surface area contributed by atoms with E-state index in [4.69, 9.17) is 4.74 Å². The van der Waals surface area contributed by atoms with Gasteiger partial charge in [0.2, 0.25) is 0 Å². The highest BCUT2D eigenvalue weighted by Gasteiger charge is 2.38. The number of allylic oxidation sites excluding steroid dienone is 2. The summed E-state index contributed by atoms with van der Waals surface area (Å²) in [6, 6.07) is 4.11. The van der Waals surface area contributed by atoms with E-state index in [0.29, 0.717) is 24.1 Å². The van der Waals surface area contributed by atoms with Crippen LogP contribution in [-0.2, 0) is 11.3 Å². The van der Waals surface area contributed by atoms with Crippen LogP contribution in [0.3, 0.4) is 0 Å². The van der Waals surface area contributed by atoms with Gasteiger partial charge < -0.3 is 14.5 Å². The Hall–Kier alpha value is -1.88. The van der Waals surface area contributed by atoms with Crippen LogP contribution in [0.4, 0.5) is 8.78 Å². The number of nitrogens with zero attached hydrogens (tertiary/aromatic N) is 2. The second-order valence-electron chi connectivity index (χ2n) is 7.25. The molecule has 1 aromatic carbocycles. The third-order valence-corrected chi connectivity index (χ3v) is 5.16. The monoisotopic (exact) mass is 346 g/mol. The molecule has 0 amide bonds. The van der Waals surface area contributed by atoms with E-state index in [0.717, 1.165) is 38.2 Å². The molecule has 2 aliphatic heterocycles. The summed E-state index contributed by atoms with van der Waals surface area (Å²) in [5.41, 5.74) is 1.94. The van der Waals surface area contributed by atoms with Gasteiger partial charge in [0.1, 0.15) is 17.5 Å². The molecule has 3 nitrogen and oxygen atoms in total. The van der Waals surface area contributed by atoms with Gasteiger partial charge in [-0.05, 0) is 55.0 Å². The Balaban J connectivity index is 1.65. The zero-order chi connectivity index (χ0) is 17.4. The van der Waals surface area contributed by atoms with Crippen molar-refractivity contribution in [3.05, 3.63) is 58.9 Å². The van der Waals surface area contributed by atoms with Gasteiger partial charge in [0.15, 0.2) is 0 Å². The number of hydrogen-bond acceptors (Lipinski definition) is 3. The van der Waals surface area contributed by atoms with Crippen molar-refractivity contribution in [3.63, 3.8) is 0 Å². The van der Waals surface area contributed by atoms with E-state index in [1.165, 1.54) is 30.5 Å². The Bertz CT molecular complexity index is 685. The number of ether oxygens (including phenoxy) is 1. The van der Waals surface area contributed by atoms with Crippen molar-refractivity contribution in [1.29, 1.82) is 0 Å². The highest BCUT2D eigenvalue weighted by Crippen LogP contribution is 2.41. The van der Waals surface area contributed by atoms with E-state index < -0.39 is 11.6 Å². The largest absolute Gasteiger partial charge is 0.378 e. The number of morpholine rings is 1. The smallest absolute Gasteiger partial charge is 0.126 e. The van der Waals surface area contributed by atoms with Crippen LogP contribution in [0.15, 0.2) is 41.7 Å². The number of rotatable bonds is 4. The molecule has 5 heteroatoms. The van der Waals surface area contributed by atoms with Gasteiger partial charge in [0, 0.05) is 25.7 Å². The summed E-state index contributed by atoms with van der Waals surface area (Å²) < 4.78 is 32.8. The lowest BCUT2D eigenvalue weighted by Gasteiger charge is -2.43. The molecule has 4 rings (SSSR count). The first-order chi connectivity index (χ1) is 12.1. The highest BCUT2D eigenvalue weighted by molar-refractivity contribution is 5.31. The SMILES string of the molecule is CC1=CC(C2CC2)N(Cc2cc(F)cc(F)c2)C(N2CCOCC2)=C1. The lowest BCUT2D eigenvalue weighted by molar-refractivity contribution is 0.0311. The van der Waals surface area contributed by atoms with Gasteiger partial charge in [-0.25, -0.2) is 8.78 Å². The third-order valence-electron chi connectivity index (χ3n) is 5.16. The quantitative estimate of drug-likeness (QED) is 0.827. The second kappa shape index (κ2) is 6.79. The fraction of sp³-hybridized carbons (Fsp3) is 0.500. The Kier molecular flexibility index (Phi) is 4.50. The van der Waals surface area contributed by atoms with E-state index in [1.54, 1.807) is 0 Å². The van der Waals surface area contributed by atoms with Crippen molar-refractivity contribution < 1.29 is 13.5 Å². The lowest BCUT2D eigenvalue weighted by Crippen LogP contribution is -2.47. The third kappa shape index (κ3) is 3.71. The minimum Gasteiger partial charge on any atom is -0.378 e. The second-order valence-corrected chi connectivity index (χ2v) is 7.25. The molecule has 1 atom stereocenters. The molecule has 1 saturated carbocycles. The molecule has 0 radical (unpaired) electrons. The fourth-order valence-corrected chi connectivity index (χ4v) is 3.83. The lowest BCUT2D eigenvalue weighted by atomic mass is 10.0. The molecule has 1 aliphatic carbocycles. The summed E-state index contributed by atoms with van der Waals surface area (Å²) in [5.74, 6) is 0.764. The first-order valence-corrected chi connectivity index (χ1v) is 9.04. The predicted molar refractivity (Wildman–Crippen MR) is 92.6 cm³/mol. The summed E-state index contributed by atoms with van der Waals surface area (Å²) >= 11 is 0. The molecule has 2 fully saturated rings. The zero-order valence-corrected chi connectivity index (χ0v) is 14.5. The van der Waals surface area contributed by atoms with Crippen molar-refractivity contribution in [1.82, 2.24) is 9.80 Å². The van der Waals surface area contributed by atoms with Crippen LogP contribution in [0, 0.1) is 17.6 Å². The summed E-state index contributed by atoms with van der Waals surface area (Å²) in [6.07, 6.45) is 6.94. The van der Waals surface area contributed by atoms with Crippen LogP contribution in [0.5, 0.6) is 0 Å². The van der Waals surface area contributed by atoms with Crippen LogP contribution >= 0.6 is 0 Å². The molecule has 134 valence electrons. The van der Waals surface area contributed by atoms with Crippen LogP contribution in [-0.4, -0.2) is 42.1 Å². The average Bonchev–Trinajstić information content (AvgIpc) is 3.41. The van der Waals surface area contributed by atoms with E-state index in [1.807, 2.05) is 0 Å². The molecule has 3 aliphatic rings. The number of hydrogen-bond donors (Lipinski definition) is 0. The average molecular weight is 346 g/mol. The van der Waals surface area contributed by atoms with Gasteiger partial charge >= 0.3 is 0 Å². The molecular weight excluding hydrogens is 322 g/mol. The topological polar surface area (TPSA) is 15.7 Å². The molecule has 0 bridgehead atoms. The minimum atomic E-state index is -0.515. The summed E-state index contributed by atoms with van der Waals surface area (Å²) in [7, 11) is 0. The molecule has 25 heavy (non-hydrogen) atoms. The van der Waals surface area contributed by atoms with Crippen LogP contribution in [0.25, 0.3) is 0 Å². The molecule has 1 aromatic rings. The first-order valence-electron chi connectivity index (χ1n) is 9.04. The van der Waals surface area contributed by atoms with Gasteiger partial charge in [0.25, 0.3) is 0 Å². The van der Waals surface area contributed by atoms with Crippen LogP contribution in [0.1, 0.15) is 25.3 Å². The van der Waals surface area contributed by atoms with Gasteiger partial charge in [-0.2, -0.15) is 0 Å². The number of halogens is 2. The summed E-state index contributed by atoms with van der Waals surface area (Å²) in [5, 5.41) is 0. The Labute approximate surface area is 147 Å². The molecule has 1 saturated heterocycles. The Morgan fingerprint density at radius 3 is 2.40 bits per heavy atom. The zero-order valence-electron chi connectivity index (χ0n) is 14.5. The van der Waals surface area contributed by atoms with Crippen molar-refractivity contribution >= 4 is 0 Å². The fourth-order valence-electron chi connectivity index (χ4n) is 3.83. The van der Waals surface area contributed by atoms with Crippen molar-refractivity contribution in [2.75, 3.05) is 26.3 Å². The molecule has 0 spiro atoms. The maximum Gasteiger partial charge on any atom is 0.126 e. The maximum atomic E-state index is 13.7. The van der Waals surface area contributed by atoms with Gasteiger partial charge in [0.05, 0.1) is 19.3 Å². The molecule has 1 unspecified atom stereocenters. The van der Waals surface area contributed by atoms with Crippen LogP contribution in [0.2, 0.25) is 0 Å². The maximum absolute atomic E-state index is 13.7. The highest BCUT2D eigenvalue weighted by atomic mass is 19.1. The molecule has 0 aromatic heterocycles. The van der Waals surface area contributed by atoms with E-state index >= 15 is 0 Å². The van der Waals surface area contributed by atoms with Crippen molar-refractivity contribution in [2.45, 2.75) is 32.4 Å². The number of benzene rings is 1. The Morgan fingerprint density at radius 2 is 1.76 bits per heavy atom. The standard InChI is InChI=1S/C20H24F2N2O/c1-14-8-19(16-2-3-16)24(13-15-10-17(21)12-18(22)11-15)20(9-14)23-4-6-25-7-5-23/h8-12,16,19H,2-7,13H2,1H3. The van der Waals surface area contributed by atoms with E-state index in [2.05, 4.69) is 28.9 Å². The minimum absolute atomic E-state index is 0.300. The first kappa shape index (κ1) is 16.6. The normalized spacial score (nSPS) is 24.2.